The van der Waals surface area contributed by atoms with Gasteiger partial charge in [-0.15, -0.1) is 0 Å². The second-order valence-electron chi connectivity index (χ2n) is 5.70. The number of hydrogen-bond acceptors (Lipinski definition) is 4. The normalized spacial score (nSPS) is 10.8. The minimum Gasteiger partial charge on any atom is -0.366 e. The predicted molar refractivity (Wildman–Crippen MR) is 90.8 cm³/mol. The lowest BCUT2D eigenvalue weighted by atomic mass is 10.1. The van der Waals surface area contributed by atoms with E-state index in [0.29, 0.717) is 17.0 Å². The van der Waals surface area contributed by atoms with Crippen LogP contribution < -0.4 is 11.1 Å². The van der Waals surface area contributed by atoms with Crippen LogP contribution in [0, 0.1) is 13.8 Å². The average Bonchev–Trinajstić information content (AvgIpc) is 2.90. The number of fused-ring (bicyclic) bond motifs is 1. The lowest BCUT2D eigenvalue weighted by molar-refractivity contribution is -0.115. The SMILES string of the molecule is Cc1cc2onc(CC(=O)Nc3ccccc3C(N)=O)c2cc1C. The molecule has 3 N–H and O–H groups in total. The minimum absolute atomic E-state index is 0.0442. The molecule has 24 heavy (non-hydrogen) atoms. The fourth-order valence-electron chi connectivity index (χ4n) is 2.53. The van der Waals surface area contributed by atoms with Crippen molar-refractivity contribution in [2.24, 2.45) is 5.73 Å². The number of nitrogens with two attached hydrogens (primary N) is 1. The Morgan fingerprint density at radius 3 is 2.62 bits per heavy atom. The number of rotatable bonds is 4. The smallest absolute Gasteiger partial charge is 0.250 e. The summed E-state index contributed by atoms with van der Waals surface area (Å²) in [7, 11) is 0. The molecule has 2 amide bonds. The maximum absolute atomic E-state index is 12.3. The number of carbonyl (C=O) groups excluding carboxylic acids is 2. The predicted octanol–water partition coefficient (Wildman–Crippen LogP) is 2.72. The second-order valence-corrected chi connectivity index (χ2v) is 5.70. The first-order valence-corrected chi connectivity index (χ1v) is 7.50. The van der Waals surface area contributed by atoms with Gasteiger partial charge in [0.2, 0.25) is 5.91 Å². The molecule has 0 aliphatic rings. The summed E-state index contributed by atoms with van der Waals surface area (Å²) in [6.07, 6.45) is 0.0442. The third-order valence-corrected chi connectivity index (χ3v) is 3.96. The molecule has 0 fully saturated rings. The van der Waals surface area contributed by atoms with E-state index in [4.69, 9.17) is 10.3 Å². The highest BCUT2D eigenvalue weighted by atomic mass is 16.5. The largest absolute Gasteiger partial charge is 0.366 e. The van der Waals surface area contributed by atoms with Gasteiger partial charge >= 0.3 is 0 Å². The van der Waals surface area contributed by atoms with Crippen molar-refractivity contribution in [3.05, 3.63) is 58.8 Å². The molecular weight excluding hydrogens is 306 g/mol. The Bertz CT molecular complexity index is 944. The number of para-hydroxylation sites is 1. The first kappa shape index (κ1) is 15.7. The first-order valence-electron chi connectivity index (χ1n) is 7.50. The Labute approximate surface area is 138 Å². The molecule has 0 atom stereocenters. The molecule has 3 rings (SSSR count). The monoisotopic (exact) mass is 323 g/mol. The van der Waals surface area contributed by atoms with Crippen LogP contribution in [0.15, 0.2) is 40.9 Å². The highest BCUT2D eigenvalue weighted by molar-refractivity contribution is 6.03. The Hall–Kier alpha value is -3.15. The Morgan fingerprint density at radius 2 is 1.88 bits per heavy atom. The highest BCUT2D eigenvalue weighted by Crippen LogP contribution is 2.23. The molecule has 0 saturated heterocycles. The number of benzene rings is 2. The molecule has 0 radical (unpaired) electrons. The van der Waals surface area contributed by atoms with Gasteiger partial charge in [0.05, 0.1) is 17.7 Å². The van der Waals surface area contributed by atoms with E-state index in [1.807, 2.05) is 26.0 Å². The Kier molecular flexibility index (Phi) is 4.04. The summed E-state index contributed by atoms with van der Waals surface area (Å²) in [6, 6.07) is 10.5. The molecule has 6 nitrogen and oxygen atoms in total. The van der Waals surface area contributed by atoms with E-state index in [2.05, 4.69) is 10.5 Å². The van der Waals surface area contributed by atoms with E-state index in [1.165, 1.54) is 0 Å². The average molecular weight is 323 g/mol. The van der Waals surface area contributed by atoms with Crippen molar-refractivity contribution in [1.82, 2.24) is 5.16 Å². The van der Waals surface area contributed by atoms with Crippen molar-refractivity contribution in [3.8, 4) is 0 Å². The number of aromatic nitrogens is 1. The van der Waals surface area contributed by atoms with Crippen molar-refractivity contribution >= 4 is 28.5 Å². The van der Waals surface area contributed by atoms with E-state index in [9.17, 15) is 9.59 Å². The molecule has 122 valence electrons. The van der Waals surface area contributed by atoms with Crippen molar-refractivity contribution in [3.63, 3.8) is 0 Å². The highest BCUT2D eigenvalue weighted by Gasteiger charge is 2.15. The molecule has 0 spiro atoms. The summed E-state index contributed by atoms with van der Waals surface area (Å²) in [6.45, 7) is 3.99. The summed E-state index contributed by atoms with van der Waals surface area (Å²) >= 11 is 0. The Balaban J connectivity index is 1.84. The quantitative estimate of drug-likeness (QED) is 0.771. The number of anilines is 1. The van der Waals surface area contributed by atoms with Gasteiger partial charge in [-0.1, -0.05) is 17.3 Å². The van der Waals surface area contributed by atoms with Crippen LogP contribution in [0.3, 0.4) is 0 Å². The van der Waals surface area contributed by atoms with Crippen LogP contribution in [0.5, 0.6) is 0 Å². The van der Waals surface area contributed by atoms with E-state index in [0.717, 1.165) is 16.5 Å². The van der Waals surface area contributed by atoms with Gasteiger partial charge in [0.25, 0.3) is 5.91 Å². The second kappa shape index (κ2) is 6.16. The van der Waals surface area contributed by atoms with Crippen molar-refractivity contribution in [2.45, 2.75) is 20.3 Å². The molecule has 0 saturated carbocycles. The topological polar surface area (TPSA) is 98.2 Å². The van der Waals surface area contributed by atoms with Gasteiger partial charge in [-0.05, 0) is 49.2 Å². The number of amides is 2. The molecular formula is C18H17N3O3. The molecule has 0 unspecified atom stereocenters. The number of aryl methyl sites for hydroxylation is 2. The van der Waals surface area contributed by atoms with Crippen LogP contribution in [0.4, 0.5) is 5.69 Å². The fraction of sp³-hybridized carbons (Fsp3) is 0.167. The third kappa shape index (κ3) is 2.99. The zero-order valence-corrected chi connectivity index (χ0v) is 13.4. The van der Waals surface area contributed by atoms with Crippen LogP contribution in [-0.4, -0.2) is 17.0 Å². The van der Waals surface area contributed by atoms with Gasteiger partial charge in [0, 0.05) is 5.39 Å². The fourth-order valence-corrected chi connectivity index (χ4v) is 2.53. The lowest BCUT2D eigenvalue weighted by Gasteiger charge is -2.08. The molecule has 1 aromatic heterocycles. The van der Waals surface area contributed by atoms with Gasteiger partial charge in [-0.3, -0.25) is 9.59 Å². The van der Waals surface area contributed by atoms with Crippen molar-refractivity contribution in [2.75, 3.05) is 5.32 Å². The van der Waals surface area contributed by atoms with Crippen LogP contribution in [0.25, 0.3) is 11.0 Å². The van der Waals surface area contributed by atoms with Gasteiger partial charge in [0.1, 0.15) is 5.69 Å². The number of nitrogens with one attached hydrogen (secondary N) is 1. The van der Waals surface area contributed by atoms with E-state index >= 15 is 0 Å². The maximum atomic E-state index is 12.3. The van der Waals surface area contributed by atoms with E-state index in [1.54, 1.807) is 24.3 Å². The van der Waals surface area contributed by atoms with Gasteiger partial charge in [0.15, 0.2) is 5.58 Å². The Morgan fingerprint density at radius 1 is 1.17 bits per heavy atom. The van der Waals surface area contributed by atoms with Crippen LogP contribution in [0.1, 0.15) is 27.2 Å². The summed E-state index contributed by atoms with van der Waals surface area (Å²) in [5.41, 5.74) is 9.38. The number of nitrogens with zero attached hydrogens (tertiary/aromatic N) is 1. The molecule has 6 heteroatoms. The third-order valence-electron chi connectivity index (χ3n) is 3.96. The molecule has 0 bridgehead atoms. The number of hydrogen-bond donors (Lipinski definition) is 2. The van der Waals surface area contributed by atoms with Crippen molar-refractivity contribution in [1.29, 1.82) is 0 Å². The molecule has 3 aromatic rings. The maximum Gasteiger partial charge on any atom is 0.250 e. The van der Waals surface area contributed by atoms with Gasteiger partial charge in [-0.2, -0.15) is 0 Å². The molecule has 0 aliphatic carbocycles. The van der Waals surface area contributed by atoms with Gasteiger partial charge in [-0.25, -0.2) is 0 Å². The minimum atomic E-state index is -0.594. The summed E-state index contributed by atoms with van der Waals surface area (Å²) < 4.78 is 5.29. The molecule has 2 aromatic carbocycles. The van der Waals surface area contributed by atoms with Crippen LogP contribution >= 0.6 is 0 Å². The molecule has 1 heterocycles. The number of primary amides is 1. The summed E-state index contributed by atoms with van der Waals surface area (Å²) in [4.78, 5) is 23.7. The van der Waals surface area contributed by atoms with Gasteiger partial charge < -0.3 is 15.6 Å². The summed E-state index contributed by atoms with van der Waals surface area (Å²) in [5, 5.41) is 7.50. The van der Waals surface area contributed by atoms with Crippen LogP contribution in [-0.2, 0) is 11.2 Å². The first-order chi connectivity index (χ1) is 11.5. The zero-order chi connectivity index (χ0) is 17.3. The van der Waals surface area contributed by atoms with Crippen LogP contribution in [0.2, 0.25) is 0 Å². The van der Waals surface area contributed by atoms with E-state index < -0.39 is 5.91 Å². The number of carbonyl (C=O) groups is 2. The zero-order valence-electron chi connectivity index (χ0n) is 13.4. The molecule has 0 aliphatic heterocycles. The standard InChI is InChI=1S/C18H17N3O3/c1-10-7-13-15(21-24-16(13)8-11(10)2)9-17(22)20-14-6-4-3-5-12(14)18(19)23/h3-8H,9H2,1-2H3,(H2,19,23)(H,20,22). The van der Waals surface area contributed by atoms with E-state index in [-0.39, 0.29) is 17.9 Å². The lowest BCUT2D eigenvalue weighted by Crippen LogP contribution is -2.19. The van der Waals surface area contributed by atoms with Crippen molar-refractivity contribution < 1.29 is 14.1 Å². The summed E-state index contributed by atoms with van der Waals surface area (Å²) in [5.74, 6) is -0.888.